The Morgan fingerprint density at radius 1 is 1.35 bits per heavy atom. The van der Waals surface area contributed by atoms with Crippen molar-refractivity contribution in [2.45, 2.75) is 25.7 Å². The van der Waals surface area contributed by atoms with Gasteiger partial charge in [-0.15, -0.1) is 0 Å². The lowest BCUT2D eigenvalue weighted by Gasteiger charge is -2.11. The summed E-state index contributed by atoms with van der Waals surface area (Å²) in [6, 6.07) is 6.92. The summed E-state index contributed by atoms with van der Waals surface area (Å²) < 4.78 is 27.3. The van der Waals surface area contributed by atoms with Crippen molar-refractivity contribution >= 4 is 32.5 Å². The number of aromatic nitrogens is 1. The van der Waals surface area contributed by atoms with E-state index in [-0.39, 0.29) is 10.8 Å². The maximum atomic E-state index is 12.4. The normalized spacial score (nSPS) is 12.2. The minimum Gasteiger partial charge on any atom is -0.234 e. The van der Waals surface area contributed by atoms with Gasteiger partial charge in [-0.25, -0.2) is 18.1 Å². The zero-order chi connectivity index (χ0) is 14.9. The number of sulfonamides is 1. The number of hydrogen-bond acceptors (Lipinski definition) is 3. The van der Waals surface area contributed by atoms with Crippen LogP contribution < -0.4 is 4.72 Å². The van der Waals surface area contributed by atoms with Crippen LogP contribution in [-0.2, 0) is 10.0 Å². The van der Waals surface area contributed by atoms with Crippen LogP contribution in [0.25, 0.3) is 10.9 Å². The molecule has 0 unspecified atom stereocenters. The average Bonchev–Trinajstić information content (AvgIpc) is 2.37. The van der Waals surface area contributed by atoms with Crippen LogP contribution in [0, 0.1) is 12.8 Å². The highest BCUT2D eigenvalue weighted by Gasteiger charge is 2.19. The summed E-state index contributed by atoms with van der Waals surface area (Å²) in [6.07, 6.45) is 0. The van der Waals surface area contributed by atoms with Crippen molar-refractivity contribution in [3.63, 3.8) is 0 Å². The van der Waals surface area contributed by atoms with Crippen LogP contribution in [0.15, 0.2) is 29.2 Å². The molecule has 1 aromatic carbocycles. The Morgan fingerprint density at radius 3 is 2.70 bits per heavy atom. The van der Waals surface area contributed by atoms with E-state index in [0.717, 1.165) is 10.9 Å². The van der Waals surface area contributed by atoms with Gasteiger partial charge in [0.05, 0.1) is 5.52 Å². The van der Waals surface area contributed by atoms with E-state index >= 15 is 0 Å². The zero-order valence-corrected chi connectivity index (χ0v) is 13.2. The third kappa shape index (κ3) is 3.11. The molecule has 1 N–H and O–H groups in total. The quantitative estimate of drug-likeness (QED) is 0.882. The number of fused-ring (bicyclic) bond motifs is 1. The number of aryl methyl sites for hydroxylation is 1. The summed E-state index contributed by atoms with van der Waals surface area (Å²) in [5, 5.41) is 1.09. The maximum absolute atomic E-state index is 12.4. The number of para-hydroxylation sites is 1. The third-order valence-electron chi connectivity index (χ3n) is 2.91. The molecule has 0 amide bonds. The standard InChI is InChI=1S/C14H17ClN2O2S/c1-9(2)8-16-20(18,19)12-6-4-5-11-7-10(3)14(15)17-13(11)12/h4-7,9,16H,8H2,1-3H3. The predicted octanol–water partition coefficient (Wildman–Crippen LogP) is 3.13. The highest BCUT2D eigenvalue weighted by molar-refractivity contribution is 7.89. The van der Waals surface area contributed by atoms with Crippen LogP contribution in [-0.4, -0.2) is 19.9 Å². The first-order chi connectivity index (χ1) is 9.31. The van der Waals surface area contributed by atoms with Crippen molar-refractivity contribution < 1.29 is 8.42 Å². The van der Waals surface area contributed by atoms with Crippen LogP contribution in [0.1, 0.15) is 19.4 Å². The van der Waals surface area contributed by atoms with Gasteiger partial charge in [0.15, 0.2) is 0 Å². The van der Waals surface area contributed by atoms with Gasteiger partial charge >= 0.3 is 0 Å². The molecule has 1 aromatic heterocycles. The number of pyridine rings is 1. The van der Waals surface area contributed by atoms with Crippen LogP contribution in [0.5, 0.6) is 0 Å². The number of benzene rings is 1. The van der Waals surface area contributed by atoms with E-state index in [4.69, 9.17) is 11.6 Å². The van der Waals surface area contributed by atoms with E-state index in [9.17, 15) is 8.42 Å². The molecule has 0 fully saturated rings. The van der Waals surface area contributed by atoms with Crippen molar-refractivity contribution in [3.05, 3.63) is 35.0 Å². The third-order valence-corrected chi connectivity index (χ3v) is 4.75. The molecule has 4 nitrogen and oxygen atoms in total. The number of hydrogen-bond donors (Lipinski definition) is 1. The van der Waals surface area contributed by atoms with Crippen molar-refractivity contribution in [3.8, 4) is 0 Å². The number of nitrogens with one attached hydrogen (secondary N) is 1. The zero-order valence-electron chi connectivity index (χ0n) is 11.6. The molecule has 20 heavy (non-hydrogen) atoms. The first-order valence-electron chi connectivity index (χ1n) is 6.37. The van der Waals surface area contributed by atoms with Gasteiger partial charge < -0.3 is 0 Å². The molecule has 0 saturated carbocycles. The van der Waals surface area contributed by atoms with Gasteiger partial charge in [-0.2, -0.15) is 0 Å². The van der Waals surface area contributed by atoms with Crippen LogP contribution >= 0.6 is 11.6 Å². The summed E-state index contributed by atoms with van der Waals surface area (Å²) in [5.74, 6) is 0.235. The summed E-state index contributed by atoms with van der Waals surface area (Å²) in [5.41, 5.74) is 1.23. The van der Waals surface area contributed by atoms with Crippen molar-refractivity contribution in [1.29, 1.82) is 0 Å². The number of halogens is 1. The Kier molecular flexibility index (Phi) is 4.32. The summed E-state index contributed by atoms with van der Waals surface area (Å²) >= 11 is 6.01. The topological polar surface area (TPSA) is 59.1 Å². The van der Waals surface area contributed by atoms with E-state index in [0.29, 0.717) is 17.2 Å². The highest BCUT2D eigenvalue weighted by Crippen LogP contribution is 2.25. The molecule has 2 rings (SSSR count). The summed E-state index contributed by atoms with van der Waals surface area (Å²) in [6.45, 7) is 6.12. The van der Waals surface area contributed by atoms with Gasteiger partial charge in [-0.1, -0.05) is 37.6 Å². The van der Waals surface area contributed by atoms with E-state index in [1.165, 1.54) is 0 Å². The van der Waals surface area contributed by atoms with Crippen LogP contribution in [0.3, 0.4) is 0 Å². The molecule has 0 radical (unpaired) electrons. The largest absolute Gasteiger partial charge is 0.242 e. The van der Waals surface area contributed by atoms with Gasteiger partial charge in [-0.05, 0) is 30.5 Å². The van der Waals surface area contributed by atoms with Crippen molar-refractivity contribution in [1.82, 2.24) is 9.71 Å². The summed E-state index contributed by atoms with van der Waals surface area (Å²) in [4.78, 5) is 4.38. The van der Waals surface area contributed by atoms with Crippen molar-refractivity contribution in [2.75, 3.05) is 6.54 Å². The predicted molar refractivity (Wildman–Crippen MR) is 81.5 cm³/mol. The fourth-order valence-corrected chi connectivity index (χ4v) is 3.35. The molecule has 0 aliphatic carbocycles. The molecule has 6 heteroatoms. The number of nitrogens with zero attached hydrogens (tertiary/aromatic N) is 1. The molecule has 0 bridgehead atoms. The Hall–Kier alpha value is -1.17. The molecular formula is C14H17ClN2O2S. The molecule has 2 aromatic rings. The molecule has 0 spiro atoms. The highest BCUT2D eigenvalue weighted by atomic mass is 35.5. The van der Waals surface area contributed by atoms with E-state index < -0.39 is 10.0 Å². The Balaban J connectivity index is 2.57. The fraction of sp³-hybridized carbons (Fsp3) is 0.357. The van der Waals surface area contributed by atoms with Crippen LogP contribution in [0.2, 0.25) is 5.15 Å². The first-order valence-corrected chi connectivity index (χ1v) is 8.23. The molecule has 0 aliphatic rings. The molecule has 0 atom stereocenters. The SMILES string of the molecule is Cc1cc2cccc(S(=O)(=O)NCC(C)C)c2nc1Cl. The first kappa shape index (κ1) is 15.2. The van der Waals surface area contributed by atoms with E-state index in [1.54, 1.807) is 12.1 Å². The van der Waals surface area contributed by atoms with E-state index in [1.807, 2.05) is 32.9 Å². The van der Waals surface area contributed by atoms with E-state index in [2.05, 4.69) is 9.71 Å². The molecule has 0 saturated heterocycles. The van der Waals surface area contributed by atoms with Gasteiger partial charge in [0.25, 0.3) is 0 Å². The second kappa shape index (κ2) is 5.68. The molecule has 108 valence electrons. The lowest BCUT2D eigenvalue weighted by molar-refractivity contribution is 0.561. The second-order valence-corrected chi connectivity index (χ2v) is 7.26. The van der Waals surface area contributed by atoms with Gasteiger partial charge in [0.2, 0.25) is 10.0 Å². The van der Waals surface area contributed by atoms with Gasteiger partial charge in [-0.3, -0.25) is 0 Å². The Bertz CT molecular complexity index is 742. The molecular weight excluding hydrogens is 296 g/mol. The Labute approximate surface area is 124 Å². The van der Waals surface area contributed by atoms with Gasteiger partial charge in [0, 0.05) is 11.9 Å². The lowest BCUT2D eigenvalue weighted by atomic mass is 10.2. The van der Waals surface area contributed by atoms with Gasteiger partial charge in [0.1, 0.15) is 10.0 Å². The summed E-state index contributed by atoms with van der Waals surface area (Å²) in [7, 11) is -3.58. The average molecular weight is 313 g/mol. The smallest absolute Gasteiger partial charge is 0.234 e. The van der Waals surface area contributed by atoms with Crippen molar-refractivity contribution in [2.24, 2.45) is 5.92 Å². The lowest BCUT2D eigenvalue weighted by Crippen LogP contribution is -2.27. The minimum atomic E-state index is -3.58. The molecule has 0 aliphatic heterocycles. The fourth-order valence-electron chi connectivity index (χ4n) is 1.83. The monoisotopic (exact) mass is 312 g/mol. The molecule has 1 heterocycles. The Morgan fingerprint density at radius 2 is 2.05 bits per heavy atom. The second-order valence-electron chi connectivity index (χ2n) is 5.17. The van der Waals surface area contributed by atoms with Crippen LogP contribution in [0.4, 0.5) is 0 Å². The number of rotatable bonds is 4. The maximum Gasteiger partial charge on any atom is 0.242 e. The minimum absolute atomic E-state index is 0.164.